The van der Waals surface area contributed by atoms with E-state index in [0.717, 1.165) is 31.2 Å². The maximum absolute atomic E-state index is 13.6. The van der Waals surface area contributed by atoms with Gasteiger partial charge in [0.2, 0.25) is 5.91 Å². The predicted molar refractivity (Wildman–Crippen MR) is 151 cm³/mol. The predicted octanol–water partition coefficient (Wildman–Crippen LogP) is 4.30. The van der Waals surface area contributed by atoms with Gasteiger partial charge in [-0.1, -0.05) is 76.3 Å². The van der Waals surface area contributed by atoms with Crippen molar-refractivity contribution in [3.63, 3.8) is 0 Å². The minimum Gasteiger partial charge on any atom is -0.433 e. The first-order valence-electron chi connectivity index (χ1n) is 14.2. The van der Waals surface area contributed by atoms with Crippen molar-refractivity contribution in [3.8, 4) is 0 Å². The Hall–Kier alpha value is -2.38. The number of amides is 2. The van der Waals surface area contributed by atoms with Gasteiger partial charge in [0.25, 0.3) is 5.91 Å². The zero-order valence-electron chi connectivity index (χ0n) is 23.6. The lowest BCUT2D eigenvalue weighted by atomic mass is 9.43. The summed E-state index contributed by atoms with van der Waals surface area (Å²) in [7, 11) is 1.71. The van der Waals surface area contributed by atoms with Crippen LogP contribution in [-0.4, -0.2) is 48.1 Å². The molecule has 6 atom stereocenters. The highest BCUT2D eigenvalue weighted by atomic mass is 16.5. The minimum atomic E-state index is -0.911. The molecule has 6 unspecified atom stereocenters. The van der Waals surface area contributed by atoms with Crippen LogP contribution in [0, 0.1) is 23.2 Å². The molecule has 0 saturated heterocycles. The second-order valence-corrected chi connectivity index (χ2v) is 12.6. The molecule has 1 radical (unpaired) electrons. The molecule has 0 aliphatic heterocycles. The van der Waals surface area contributed by atoms with Gasteiger partial charge in [-0.15, -0.1) is 0 Å². The number of hydrogen-bond acceptors (Lipinski definition) is 4. The molecule has 0 heterocycles. The molecule has 1 aromatic rings. The third-order valence-electron chi connectivity index (χ3n) is 8.95. The van der Waals surface area contributed by atoms with Gasteiger partial charge in [0.15, 0.2) is 0 Å². The Kier molecular flexibility index (Phi) is 8.88. The smallest absolute Gasteiger partial charge is 0.317 e. The number of allylic oxidation sites excluding steroid dienone is 2. The molecule has 2 bridgehead atoms. The molecule has 3 saturated carbocycles. The van der Waals surface area contributed by atoms with Crippen LogP contribution in [0.1, 0.15) is 72.3 Å². The topological polar surface area (TPSA) is 87.7 Å². The lowest BCUT2D eigenvalue weighted by Crippen LogP contribution is -2.67. The van der Waals surface area contributed by atoms with E-state index in [4.69, 9.17) is 4.65 Å². The van der Waals surface area contributed by atoms with E-state index in [2.05, 4.69) is 38.3 Å². The van der Waals surface area contributed by atoms with E-state index in [0.29, 0.717) is 30.3 Å². The fraction of sp³-hybridized carbons (Fsp3) is 0.613. The van der Waals surface area contributed by atoms with Crippen LogP contribution in [-0.2, 0) is 20.7 Å². The zero-order chi connectivity index (χ0) is 27.5. The number of benzene rings is 1. The van der Waals surface area contributed by atoms with E-state index in [1.807, 2.05) is 55.5 Å². The fourth-order valence-corrected chi connectivity index (χ4v) is 6.53. The van der Waals surface area contributed by atoms with Crippen LogP contribution in [0.25, 0.3) is 0 Å². The molecular weight excluding hydrogens is 475 g/mol. The first kappa shape index (κ1) is 28.6. The lowest BCUT2D eigenvalue weighted by Gasteiger charge is -2.65. The number of fused-ring (bicyclic) bond motifs is 2. The highest BCUT2D eigenvalue weighted by Crippen LogP contribution is 2.63. The van der Waals surface area contributed by atoms with Crippen molar-refractivity contribution in [2.45, 2.75) is 96.8 Å². The van der Waals surface area contributed by atoms with Crippen molar-refractivity contribution in [1.29, 1.82) is 0 Å². The molecule has 1 aromatic carbocycles. The standard InChI is InChI=1S/C31H44BN2O4/c1-20(2)16-27(32-38-26-19-23-18-25(30(23,3)4)31(26,5)37)34-29(36)24(17-21-12-8-6-9-13-21)33-28(35)22-14-10-7-11-15-22/h6,8-10,12-15,20,23-27,37H,7,11,16-19H2,1-5H3,(H,33,35)(H,34,36). The number of hydrogen-bond donors (Lipinski definition) is 3. The second-order valence-electron chi connectivity index (χ2n) is 12.6. The Morgan fingerprint density at radius 1 is 1.11 bits per heavy atom. The van der Waals surface area contributed by atoms with Crippen molar-refractivity contribution >= 4 is 19.3 Å². The molecule has 7 heteroatoms. The van der Waals surface area contributed by atoms with Crippen LogP contribution in [0.5, 0.6) is 0 Å². The summed E-state index contributed by atoms with van der Waals surface area (Å²) in [5.41, 5.74) is 0.783. The van der Waals surface area contributed by atoms with Gasteiger partial charge in [-0.05, 0) is 67.8 Å². The van der Waals surface area contributed by atoms with Gasteiger partial charge in [0.1, 0.15) is 6.04 Å². The molecule has 0 spiro atoms. The van der Waals surface area contributed by atoms with Gasteiger partial charge >= 0.3 is 7.48 Å². The quantitative estimate of drug-likeness (QED) is 0.381. The third-order valence-corrected chi connectivity index (χ3v) is 8.95. The Balaban J connectivity index is 1.43. The van der Waals surface area contributed by atoms with Crippen molar-refractivity contribution in [2.24, 2.45) is 23.2 Å². The molecular formula is C31H44BN2O4. The first-order valence-corrected chi connectivity index (χ1v) is 14.2. The van der Waals surface area contributed by atoms with Gasteiger partial charge in [-0.3, -0.25) is 9.59 Å². The average Bonchev–Trinajstić information content (AvgIpc) is 2.87. The van der Waals surface area contributed by atoms with Crippen molar-refractivity contribution in [1.82, 2.24) is 10.6 Å². The van der Waals surface area contributed by atoms with Crippen LogP contribution >= 0.6 is 0 Å². The van der Waals surface area contributed by atoms with Crippen molar-refractivity contribution in [3.05, 3.63) is 59.7 Å². The number of aliphatic hydroxyl groups is 1. The van der Waals surface area contributed by atoms with Gasteiger partial charge in [0, 0.05) is 17.9 Å². The molecule has 4 aliphatic rings. The molecule has 0 aromatic heterocycles. The molecule has 205 valence electrons. The summed E-state index contributed by atoms with van der Waals surface area (Å²) in [6.45, 7) is 10.6. The van der Waals surface area contributed by atoms with E-state index >= 15 is 0 Å². The van der Waals surface area contributed by atoms with Crippen LogP contribution in [0.3, 0.4) is 0 Å². The molecule has 2 amide bonds. The van der Waals surface area contributed by atoms with Crippen LogP contribution < -0.4 is 10.6 Å². The molecule has 4 aliphatic carbocycles. The monoisotopic (exact) mass is 519 g/mol. The molecule has 3 N–H and O–H groups in total. The summed E-state index contributed by atoms with van der Waals surface area (Å²) in [5, 5.41) is 17.4. The summed E-state index contributed by atoms with van der Waals surface area (Å²) < 4.78 is 6.24. The summed E-state index contributed by atoms with van der Waals surface area (Å²) in [6, 6.07) is 9.00. The number of carbonyl (C=O) groups is 2. The third kappa shape index (κ3) is 6.43. The number of rotatable bonds is 11. The van der Waals surface area contributed by atoms with Crippen LogP contribution in [0.15, 0.2) is 54.1 Å². The number of nitrogens with one attached hydrogen (secondary N) is 2. The summed E-state index contributed by atoms with van der Waals surface area (Å²) >= 11 is 0. The molecule has 5 rings (SSSR count). The normalized spacial score (nSPS) is 29.0. The average molecular weight is 520 g/mol. The Bertz CT molecular complexity index is 1050. The number of carbonyl (C=O) groups excluding carboxylic acids is 2. The highest BCUT2D eigenvalue weighted by Gasteiger charge is 2.63. The van der Waals surface area contributed by atoms with Crippen molar-refractivity contribution in [2.75, 3.05) is 0 Å². The Morgan fingerprint density at radius 3 is 2.45 bits per heavy atom. The van der Waals surface area contributed by atoms with E-state index < -0.39 is 11.6 Å². The van der Waals surface area contributed by atoms with Gasteiger partial charge < -0.3 is 20.4 Å². The first-order chi connectivity index (χ1) is 18.0. The SMILES string of the molecule is CC(C)CC([B]OC1CC2CC(C2(C)C)C1(C)O)NC(=O)C(Cc1ccccc1)NC(=O)C1=CCCC=C1. The van der Waals surface area contributed by atoms with E-state index in [-0.39, 0.29) is 35.2 Å². The maximum Gasteiger partial charge on any atom is 0.317 e. The largest absolute Gasteiger partial charge is 0.433 e. The lowest BCUT2D eigenvalue weighted by molar-refractivity contribution is -0.239. The minimum absolute atomic E-state index is 0.126. The second kappa shape index (κ2) is 11.8. The van der Waals surface area contributed by atoms with Gasteiger partial charge in [-0.2, -0.15) is 0 Å². The van der Waals surface area contributed by atoms with Crippen LogP contribution in [0.4, 0.5) is 0 Å². The van der Waals surface area contributed by atoms with Gasteiger partial charge in [-0.25, -0.2) is 0 Å². The Morgan fingerprint density at radius 2 is 1.84 bits per heavy atom. The summed E-state index contributed by atoms with van der Waals surface area (Å²) in [5.74, 6) is 0.245. The summed E-state index contributed by atoms with van der Waals surface area (Å²) in [6.07, 6.45) is 10.1. The summed E-state index contributed by atoms with van der Waals surface area (Å²) in [4.78, 5) is 26.6. The maximum atomic E-state index is 13.6. The van der Waals surface area contributed by atoms with E-state index in [1.54, 1.807) is 7.48 Å². The fourth-order valence-electron chi connectivity index (χ4n) is 6.53. The van der Waals surface area contributed by atoms with E-state index in [1.165, 1.54) is 0 Å². The Labute approximate surface area is 229 Å². The van der Waals surface area contributed by atoms with Gasteiger partial charge in [0.05, 0.1) is 11.7 Å². The van der Waals surface area contributed by atoms with Crippen LogP contribution in [0.2, 0.25) is 0 Å². The molecule has 38 heavy (non-hydrogen) atoms. The molecule has 6 nitrogen and oxygen atoms in total. The van der Waals surface area contributed by atoms with E-state index in [9.17, 15) is 14.7 Å². The molecule has 3 fully saturated rings. The zero-order valence-corrected chi connectivity index (χ0v) is 23.6. The highest BCUT2D eigenvalue weighted by molar-refractivity contribution is 6.30. The van der Waals surface area contributed by atoms with Crippen molar-refractivity contribution < 1.29 is 19.3 Å².